The molecule has 2 amide bonds. The van der Waals surface area contributed by atoms with E-state index in [1.807, 2.05) is 43.3 Å². The highest BCUT2D eigenvalue weighted by atomic mass is 35.5. The van der Waals surface area contributed by atoms with Gasteiger partial charge in [0.05, 0.1) is 10.9 Å². The van der Waals surface area contributed by atoms with Gasteiger partial charge in [0, 0.05) is 29.1 Å². The Hall–Kier alpha value is -3.99. The smallest absolute Gasteiger partial charge is 0.297 e. The minimum atomic E-state index is -1.77. The van der Waals surface area contributed by atoms with Crippen LogP contribution in [0.3, 0.4) is 0 Å². The monoisotopic (exact) mass is 586 g/mol. The molecule has 11 heteroatoms. The largest absolute Gasteiger partial charge is 0.450 e. The zero-order chi connectivity index (χ0) is 27.8. The molecule has 0 aliphatic carbocycles. The normalized spacial score (nSPS) is 17.8. The third-order valence-corrected chi connectivity index (χ3v) is 9.60. The molecule has 0 saturated carbocycles. The van der Waals surface area contributed by atoms with Crippen molar-refractivity contribution >= 4 is 68.3 Å². The summed E-state index contributed by atoms with van der Waals surface area (Å²) < 4.78 is 6.69. The van der Waals surface area contributed by atoms with Gasteiger partial charge in [0.15, 0.2) is 15.3 Å². The second kappa shape index (κ2) is 9.02. The number of hydrogen-bond donors (Lipinski definition) is 0. The standard InChI is InChI=1S/C29H19ClN4O4S2/c1-15-10-11-21-18(12-15)23(35)22-24(38-21)25(36)34(29(22)19-8-3-4-9-20(19)33(2)26(29)37)27-31-32-28(40-27)39-14-16-6-5-7-17(30)13-16/h3-13H,14H2,1-2H3. The SMILES string of the molecule is Cc1ccc2oc3c(c(=O)c2c1)C1(C(=O)N(C)c2ccccc21)N(c1nnc(SCc2cccc(Cl)c2)s1)C3=O. The number of carbonyl (C=O) groups excluding carboxylic acids is 2. The van der Waals surface area contributed by atoms with Gasteiger partial charge in [-0.3, -0.25) is 19.3 Å². The molecule has 198 valence electrons. The predicted octanol–water partition coefficient (Wildman–Crippen LogP) is 5.78. The molecule has 2 aliphatic heterocycles. The Kier molecular flexibility index (Phi) is 5.64. The Bertz CT molecular complexity index is 1950. The highest BCUT2D eigenvalue weighted by molar-refractivity contribution is 8.00. The quantitative estimate of drug-likeness (QED) is 0.194. The lowest BCUT2D eigenvalue weighted by molar-refractivity contribution is -0.121. The van der Waals surface area contributed by atoms with Crippen LogP contribution in [0.5, 0.6) is 0 Å². The maximum absolute atomic E-state index is 14.3. The van der Waals surface area contributed by atoms with Gasteiger partial charge in [-0.2, -0.15) is 0 Å². The summed E-state index contributed by atoms with van der Waals surface area (Å²) in [5.74, 6) is -0.633. The van der Waals surface area contributed by atoms with E-state index in [9.17, 15) is 14.4 Å². The first-order valence-corrected chi connectivity index (χ1v) is 14.5. The molecule has 0 bridgehead atoms. The predicted molar refractivity (Wildman–Crippen MR) is 156 cm³/mol. The number of aryl methyl sites for hydroxylation is 1. The van der Waals surface area contributed by atoms with E-state index in [0.29, 0.717) is 31.8 Å². The van der Waals surface area contributed by atoms with Crippen LogP contribution in [-0.2, 0) is 16.1 Å². The molecule has 7 rings (SSSR count). The zero-order valence-corrected chi connectivity index (χ0v) is 23.6. The van der Waals surface area contributed by atoms with Crippen molar-refractivity contribution in [3.05, 3.63) is 110 Å². The fourth-order valence-corrected chi connectivity index (χ4v) is 7.55. The number of amides is 2. The molecule has 2 aromatic heterocycles. The Balaban J connectivity index is 1.42. The van der Waals surface area contributed by atoms with E-state index in [0.717, 1.165) is 11.1 Å². The second-order valence-electron chi connectivity index (χ2n) is 9.64. The Morgan fingerprint density at radius 3 is 2.67 bits per heavy atom. The molecular formula is C29H19ClN4O4S2. The van der Waals surface area contributed by atoms with Crippen LogP contribution in [0.25, 0.3) is 11.0 Å². The number of carbonyl (C=O) groups is 2. The lowest BCUT2D eigenvalue weighted by Crippen LogP contribution is -2.53. The van der Waals surface area contributed by atoms with E-state index in [1.165, 1.54) is 32.9 Å². The molecule has 5 aromatic rings. The molecule has 1 atom stereocenters. The number of fused-ring (bicyclic) bond motifs is 5. The molecule has 0 radical (unpaired) electrons. The molecule has 4 heterocycles. The van der Waals surface area contributed by atoms with Gasteiger partial charge in [-0.15, -0.1) is 10.2 Å². The second-order valence-corrected chi connectivity index (χ2v) is 12.3. The van der Waals surface area contributed by atoms with Crippen molar-refractivity contribution in [3.63, 3.8) is 0 Å². The van der Waals surface area contributed by atoms with Gasteiger partial charge in [-0.1, -0.05) is 76.7 Å². The van der Waals surface area contributed by atoms with Crippen LogP contribution >= 0.6 is 34.7 Å². The summed E-state index contributed by atoms with van der Waals surface area (Å²) in [5, 5.41) is 9.79. The average Bonchev–Trinajstić information content (AvgIpc) is 3.58. The summed E-state index contributed by atoms with van der Waals surface area (Å²) in [7, 11) is 1.63. The van der Waals surface area contributed by atoms with Crippen LogP contribution in [0.15, 0.2) is 80.3 Å². The number of aromatic nitrogens is 2. The highest BCUT2D eigenvalue weighted by Gasteiger charge is 2.66. The molecule has 0 N–H and O–H groups in total. The average molecular weight is 587 g/mol. The van der Waals surface area contributed by atoms with E-state index in [1.54, 1.807) is 37.4 Å². The number of thioether (sulfide) groups is 1. The van der Waals surface area contributed by atoms with Crippen LogP contribution in [0, 0.1) is 6.92 Å². The minimum absolute atomic E-state index is 0.000676. The summed E-state index contributed by atoms with van der Waals surface area (Å²) >= 11 is 8.74. The third-order valence-electron chi connectivity index (χ3n) is 7.25. The number of likely N-dealkylation sites (N-methyl/N-ethyl adjacent to an activating group) is 1. The van der Waals surface area contributed by atoms with Crippen molar-refractivity contribution in [1.29, 1.82) is 0 Å². The Morgan fingerprint density at radius 1 is 1.02 bits per heavy atom. The molecule has 1 spiro atoms. The van der Waals surface area contributed by atoms with Gasteiger partial charge >= 0.3 is 0 Å². The van der Waals surface area contributed by atoms with Crippen LogP contribution in [0.1, 0.15) is 32.8 Å². The Labute approximate surface area is 241 Å². The van der Waals surface area contributed by atoms with E-state index < -0.39 is 22.8 Å². The lowest BCUT2D eigenvalue weighted by Gasteiger charge is -2.31. The zero-order valence-electron chi connectivity index (χ0n) is 21.2. The summed E-state index contributed by atoms with van der Waals surface area (Å²) in [6.07, 6.45) is 0. The maximum atomic E-state index is 14.3. The van der Waals surface area contributed by atoms with Crippen molar-refractivity contribution in [1.82, 2.24) is 10.2 Å². The van der Waals surface area contributed by atoms with Gasteiger partial charge in [-0.25, -0.2) is 0 Å². The molecular weight excluding hydrogens is 568 g/mol. The fraction of sp³-hybridized carbons (Fsp3) is 0.138. The first-order chi connectivity index (χ1) is 19.3. The van der Waals surface area contributed by atoms with Crippen molar-refractivity contribution in [2.45, 2.75) is 22.6 Å². The third kappa shape index (κ3) is 3.43. The van der Waals surface area contributed by atoms with Crippen molar-refractivity contribution in [2.75, 3.05) is 16.8 Å². The maximum Gasteiger partial charge on any atom is 0.297 e. The van der Waals surface area contributed by atoms with Crippen molar-refractivity contribution in [3.8, 4) is 0 Å². The van der Waals surface area contributed by atoms with Crippen molar-refractivity contribution in [2.24, 2.45) is 0 Å². The molecule has 1 unspecified atom stereocenters. The van der Waals surface area contributed by atoms with Gasteiger partial charge in [0.25, 0.3) is 11.8 Å². The van der Waals surface area contributed by atoms with Crippen LogP contribution in [-0.4, -0.2) is 29.1 Å². The summed E-state index contributed by atoms with van der Waals surface area (Å²) in [6.45, 7) is 1.87. The minimum Gasteiger partial charge on any atom is -0.450 e. The first-order valence-electron chi connectivity index (χ1n) is 12.3. The van der Waals surface area contributed by atoms with Gasteiger partial charge in [-0.05, 0) is 42.8 Å². The van der Waals surface area contributed by atoms with Crippen LogP contribution in [0.4, 0.5) is 10.8 Å². The molecule has 40 heavy (non-hydrogen) atoms. The number of hydrogen-bond acceptors (Lipinski definition) is 8. The van der Waals surface area contributed by atoms with Gasteiger partial charge in [0.1, 0.15) is 5.58 Å². The molecule has 0 fully saturated rings. The number of para-hydroxylation sites is 1. The number of benzene rings is 3. The van der Waals surface area contributed by atoms with E-state index >= 15 is 0 Å². The van der Waals surface area contributed by atoms with Crippen molar-refractivity contribution < 1.29 is 14.0 Å². The molecule has 0 saturated heterocycles. The molecule has 3 aromatic carbocycles. The number of nitrogens with zero attached hydrogens (tertiary/aromatic N) is 4. The molecule has 2 aliphatic rings. The number of halogens is 1. The summed E-state index contributed by atoms with van der Waals surface area (Å²) in [5.41, 5.74) is 1.06. The van der Waals surface area contributed by atoms with E-state index in [-0.39, 0.29) is 22.0 Å². The van der Waals surface area contributed by atoms with E-state index in [2.05, 4.69) is 10.2 Å². The lowest BCUT2D eigenvalue weighted by atomic mass is 9.84. The summed E-state index contributed by atoms with van der Waals surface area (Å²) in [6, 6.07) is 19.9. The van der Waals surface area contributed by atoms with Gasteiger partial charge < -0.3 is 9.32 Å². The van der Waals surface area contributed by atoms with E-state index in [4.69, 9.17) is 16.0 Å². The number of rotatable bonds is 4. The Morgan fingerprint density at radius 2 is 1.85 bits per heavy atom. The van der Waals surface area contributed by atoms with Crippen LogP contribution in [0.2, 0.25) is 5.02 Å². The fourth-order valence-electron chi connectivity index (χ4n) is 5.50. The number of anilines is 2. The molecule has 8 nitrogen and oxygen atoms in total. The summed E-state index contributed by atoms with van der Waals surface area (Å²) in [4.78, 5) is 45.3. The van der Waals surface area contributed by atoms with Crippen LogP contribution < -0.4 is 15.2 Å². The highest BCUT2D eigenvalue weighted by Crippen LogP contribution is 2.54. The topological polar surface area (TPSA) is 96.6 Å². The van der Waals surface area contributed by atoms with Gasteiger partial charge in [0.2, 0.25) is 10.9 Å². The first kappa shape index (κ1) is 25.0.